The van der Waals surface area contributed by atoms with Crippen molar-refractivity contribution in [2.75, 3.05) is 6.54 Å². The van der Waals surface area contributed by atoms with Gasteiger partial charge in [-0.15, -0.1) is 0 Å². The van der Waals surface area contributed by atoms with E-state index < -0.39 is 38.5 Å². The van der Waals surface area contributed by atoms with Crippen molar-refractivity contribution in [2.45, 2.75) is 31.5 Å². The standard InChI is InChI=1S/C7H9F6NO3S/c1-2-3-4-14(5(15)6(8,9)10)18(16,17)7(11,12)13/h2-4H2,1H3. The van der Waals surface area contributed by atoms with Gasteiger partial charge in [-0.25, -0.2) is 4.31 Å². The van der Waals surface area contributed by atoms with E-state index in [-0.39, 0.29) is 12.8 Å². The van der Waals surface area contributed by atoms with Gasteiger partial charge in [0, 0.05) is 6.54 Å². The van der Waals surface area contributed by atoms with Crippen LogP contribution in [0.5, 0.6) is 0 Å². The number of hydrogen-bond donors (Lipinski definition) is 0. The SMILES string of the molecule is CCCCN(C(=O)C(F)(F)F)S(=O)(=O)C(F)(F)F. The summed E-state index contributed by atoms with van der Waals surface area (Å²) in [5.74, 6) is -3.05. The second kappa shape index (κ2) is 5.33. The van der Waals surface area contributed by atoms with E-state index in [1.807, 2.05) is 0 Å². The molecule has 0 aromatic heterocycles. The van der Waals surface area contributed by atoms with Crippen LogP contribution in [0.3, 0.4) is 0 Å². The van der Waals surface area contributed by atoms with Crippen molar-refractivity contribution in [3.63, 3.8) is 0 Å². The number of halogens is 6. The largest absolute Gasteiger partial charge is 0.516 e. The summed E-state index contributed by atoms with van der Waals surface area (Å²) in [7, 11) is -6.33. The number of nitrogens with zero attached hydrogens (tertiary/aromatic N) is 1. The van der Waals surface area contributed by atoms with Gasteiger partial charge in [-0.2, -0.15) is 34.8 Å². The van der Waals surface area contributed by atoms with E-state index in [2.05, 4.69) is 0 Å². The molecule has 0 spiro atoms. The highest BCUT2D eigenvalue weighted by Gasteiger charge is 2.56. The normalized spacial score (nSPS) is 13.5. The second-order valence-electron chi connectivity index (χ2n) is 3.18. The van der Waals surface area contributed by atoms with E-state index in [0.717, 1.165) is 0 Å². The molecule has 0 saturated heterocycles. The third-order valence-electron chi connectivity index (χ3n) is 1.77. The van der Waals surface area contributed by atoms with E-state index >= 15 is 0 Å². The lowest BCUT2D eigenvalue weighted by Crippen LogP contribution is -2.49. The third kappa shape index (κ3) is 3.75. The highest BCUT2D eigenvalue weighted by atomic mass is 32.2. The maximum atomic E-state index is 12.1. The summed E-state index contributed by atoms with van der Waals surface area (Å²) >= 11 is 0. The number of alkyl halides is 6. The van der Waals surface area contributed by atoms with Crippen LogP contribution in [0.25, 0.3) is 0 Å². The van der Waals surface area contributed by atoms with Crippen LogP contribution in [0.1, 0.15) is 19.8 Å². The zero-order valence-electron chi connectivity index (χ0n) is 8.97. The van der Waals surface area contributed by atoms with Gasteiger partial charge in [-0.05, 0) is 6.42 Å². The number of sulfonamides is 1. The third-order valence-corrected chi connectivity index (χ3v) is 3.28. The fourth-order valence-electron chi connectivity index (χ4n) is 0.899. The van der Waals surface area contributed by atoms with E-state index in [0.29, 0.717) is 0 Å². The van der Waals surface area contributed by atoms with E-state index in [4.69, 9.17) is 0 Å². The smallest absolute Gasteiger partial charge is 0.263 e. The molecule has 4 nitrogen and oxygen atoms in total. The van der Waals surface area contributed by atoms with Crippen LogP contribution in [-0.2, 0) is 14.8 Å². The van der Waals surface area contributed by atoms with E-state index in [1.54, 1.807) is 0 Å². The lowest BCUT2D eigenvalue weighted by atomic mass is 10.3. The predicted octanol–water partition coefficient (Wildman–Crippen LogP) is 2.03. The first-order valence-electron chi connectivity index (χ1n) is 4.55. The monoisotopic (exact) mass is 301 g/mol. The zero-order chi connectivity index (χ0) is 14.8. The van der Waals surface area contributed by atoms with Gasteiger partial charge in [0.1, 0.15) is 0 Å². The molecule has 18 heavy (non-hydrogen) atoms. The molecule has 0 atom stereocenters. The quantitative estimate of drug-likeness (QED) is 0.747. The van der Waals surface area contributed by atoms with Crippen molar-refractivity contribution < 1.29 is 39.6 Å². The van der Waals surface area contributed by atoms with Gasteiger partial charge in [0.2, 0.25) is 0 Å². The van der Waals surface area contributed by atoms with E-state index in [9.17, 15) is 39.6 Å². The molecule has 0 aliphatic carbocycles. The molecule has 1 amide bonds. The van der Waals surface area contributed by atoms with Crippen LogP contribution in [0.2, 0.25) is 0 Å². The van der Waals surface area contributed by atoms with Crippen LogP contribution in [-0.4, -0.2) is 36.9 Å². The Hall–Kier alpha value is -1.00. The molecule has 0 aliphatic heterocycles. The first kappa shape index (κ1) is 17.0. The summed E-state index contributed by atoms with van der Waals surface area (Å²) in [6.07, 6.45) is -5.88. The van der Waals surface area contributed by atoms with Crippen LogP contribution in [0.4, 0.5) is 26.3 Å². The van der Waals surface area contributed by atoms with Crippen molar-refractivity contribution in [3.05, 3.63) is 0 Å². The van der Waals surface area contributed by atoms with Gasteiger partial charge >= 0.3 is 27.6 Å². The maximum absolute atomic E-state index is 12.1. The van der Waals surface area contributed by atoms with Crippen molar-refractivity contribution in [2.24, 2.45) is 0 Å². The summed E-state index contributed by atoms with van der Waals surface area (Å²) in [6.45, 7) is 0.243. The number of hydrogen-bond acceptors (Lipinski definition) is 3. The molecule has 0 rings (SSSR count). The predicted molar refractivity (Wildman–Crippen MR) is 47.7 cm³/mol. The average Bonchev–Trinajstić information content (AvgIpc) is 2.14. The zero-order valence-corrected chi connectivity index (χ0v) is 9.79. The summed E-state index contributed by atoms with van der Waals surface area (Å²) < 4.78 is 92.9. The Kier molecular flexibility index (Phi) is 5.03. The van der Waals surface area contributed by atoms with Gasteiger partial charge in [0.25, 0.3) is 0 Å². The van der Waals surface area contributed by atoms with Crippen LogP contribution in [0.15, 0.2) is 0 Å². The van der Waals surface area contributed by atoms with Crippen molar-refractivity contribution in [3.8, 4) is 0 Å². The van der Waals surface area contributed by atoms with Gasteiger partial charge in [0.05, 0.1) is 0 Å². The van der Waals surface area contributed by atoms with Crippen LogP contribution in [0, 0.1) is 0 Å². The number of rotatable bonds is 4. The van der Waals surface area contributed by atoms with Gasteiger partial charge < -0.3 is 0 Å². The lowest BCUT2D eigenvalue weighted by Gasteiger charge is -2.24. The molecule has 0 bridgehead atoms. The molecule has 0 aromatic rings. The lowest BCUT2D eigenvalue weighted by molar-refractivity contribution is -0.181. The van der Waals surface area contributed by atoms with Crippen LogP contribution >= 0.6 is 0 Å². The highest BCUT2D eigenvalue weighted by molar-refractivity contribution is 7.90. The minimum Gasteiger partial charge on any atom is -0.263 e. The first-order chi connectivity index (χ1) is 7.85. The van der Waals surface area contributed by atoms with Crippen molar-refractivity contribution in [1.82, 2.24) is 4.31 Å². The first-order valence-corrected chi connectivity index (χ1v) is 6.00. The Morgan fingerprint density at radius 3 is 1.83 bits per heavy atom. The molecule has 11 heteroatoms. The minimum absolute atomic E-state index is 0.120. The number of carbonyl (C=O) groups excluding carboxylic acids is 1. The molecular formula is C7H9F6NO3S. The fourth-order valence-corrected chi connectivity index (χ4v) is 1.84. The number of amides is 1. The summed E-state index contributed by atoms with van der Waals surface area (Å²) in [5, 5.41) is 0. The Balaban J connectivity index is 5.46. The fraction of sp³-hybridized carbons (Fsp3) is 0.857. The molecule has 108 valence electrons. The van der Waals surface area contributed by atoms with Crippen LogP contribution < -0.4 is 0 Å². The Morgan fingerprint density at radius 1 is 1.11 bits per heavy atom. The Bertz CT molecular complexity index is 398. The molecule has 0 heterocycles. The number of carbonyl (C=O) groups is 1. The molecular weight excluding hydrogens is 292 g/mol. The molecule has 0 unspecified atom stereocenters. The maximum Gasteiger partial charge on any atom is 0.516 e. The molecule has 0 aromatic carbocycles. The summed E-state index contributed by atoms with van der Waals surface area (Å²) in [5.41, 5.74) is -5.96. The molecule has 0 fully saturated rings. The van der Waals surface area contributed by atoms with Gasteiger partial charge in [-0.1, -0.05) is 13.3 Å². The minimum atomic E-state index is -6.33. The van der Waals surface area contributed by atoms with E-state index in [1.165, 1.54) is 6.92 Å². The molecule has 0 saturated carbocycles. The van der Waals surface area contributed by atoms with Gasteiger partial charge in [0.15, 0.2) is 0 Å². The number of unbranched alkanes of at least 4 members (excludes halogenated alkanes) is 1. The summed E-state index contributed by atoms with van der Waals surface area (Å²) in [6, 6.07) is 0. The molecule has 0 aliphatic rings. The Labute approximate surface area is 98.6 Å². The second-order valence-corrected chi connectivity index (χ2v) is 5.03. The van der Waals surface area contributed by atoms with Gasteiger partial charge in [-0.3, -0.25) is 4.79 Å². The Morgan fingerprint density at radius 2 is 1.56 bits per heavy atom. The highest BCUT2D eigenvalue weighted by Crippen LogP contribution is 2.30. The van der Waals surface area contributed by atoms with Crippen molar-refractivity contribution in [1.29, 1.82) is 0 Å². The molecule has 0 N–H and O–H groups in total. The summed E-state index contributed by atoms with van der Waals surface area (Å²) in [4.78, 5) is 10.7. The average molecular weight is 301 g/mol. The topological polar surface area (TPSA) is 54.5 Å². The van der Waals surface area contributed by atoms with Crippen molar-refractivity contribution >= 4 is 15.9 Å². The molecule has 0 radical (unpaired) electrons.